The largest absolute Gasteiger partial charge is 0.329 e. The van der Waals surface area contributed by atoms with Gasteiger partial charge in [-0.1, -0.05) is 24.6 Å². The Hall–Kier alpha value is -0.130. The van der Waals surface area contributed by atoms with Gasteiger partial charge in [0.25, 0.3) is 0 Å². The number of nitrogens with zero attached hydrogens (tertiary/aromatic N) is 2. The topological polar surface area (TPSA) is 32.5 Å². The van der Waals surface area contributed by atoms with Gasteiger partial charge in [-0.25, -0.2) is 0 Å². The van der Waals surface area contributed by atoms with E-state index in [0.717, 1.165) is 16.0 Å². The van der Waals surface area contributed by atoms with Crippen LogP contribution in [0.5, 0.6) is 0 Å². The predicted octanol–water partition coefficient (Wildman–Crippen LogP) is 3.52. The van der Waals surface area contributed by atoms with Crippen LogP contribution in [-0.2, 0) is 0 Å². The fraction of sp³-hybridized carbons (Fsp3) is 0.625. The van der Waals surface area contributed by atoms with E-state index in [9.17, 15) is 0 Å². The highest BCUT2D eigenvalue weighted by molar-refractivity contribution is 9.10. The van der Waals surface area contributed by atoms with Gasteiger partial charge in [0, 0.05) is 23.1 Å². The van der Waals surface area contributed by atoms with E-state index in [2.05, 4.69) is 51.8 Å². The maximum Gasteiger partial charge on any atom is 0.0548 e. The Labute approximate surface area is 141 Å². The maximum atomic E-state index is 6.09. The minimum atomic E-state index is 0.247. The van der Waals surface area contributed by atoms with E-state index in [1.807, 2.05) is 6.07 Å². The molecular formula is C16H25BrClN3. The van der Waals surface area contributed by atoms with Gasteiger partial charge in [-0.05, 0) is 73.1 Å². The van der Waals surface area contributed by atoms with Crippen molar-refractivity contribution in [2.75, 3.05) is 33.2 Å². The Morgan fingerprint density at radius 2 is 2.10 bits per heavy atom. The van der Waals surface area contributed by atoms with Gasteiger partial charge in [0.15, 0.2) is 0 Å². The van der Waals surface area contributed by atoms with Crippen molar-refractivity contribution in [2.24, 2.45) is 5.73 Å². The van der Waals surface area contributed by atoms with Gasteiger partial charge in [-0.3, -0.25) is 4.90 Å². The number of rotatable bonds is 5. The summed E-state index contributed by atoms with van der Waals surface area (Å²) in [6.07, 6.45) is 2.44. The summed E-state index contributed by atoms with van der Waals surface area (Å²) in [5, 5.41) is 0.744. The molecule has 1 atom stereocenters. The van der Waals surface area contributed by atoms with E-state index < -0.39 is 0 Å². The van der Waals surface area contributed by atoms with E-state index in [4.69, 9.17) is 17.3 Å². The summed E-state index contributed by atoms with van der Waals surface area (Å²) < 4.78 is 0.939. The lowest BCUT2D eigenvalue weighted by molar-refractivity contribution is 0.101. The molecule has 0 aromatic heterocycles. The molecule has 0 radical (unpaired) electrons. The van der Waals surface area contributed by atoms with Crippen LogP contribution in [0.2, 0.25) is 5.02 Å². The van der Waals surface area contributed by atoms with Gasteiger partial charge >= 0.3 is 0 Å². The second kappa shape index (κ2) is 7.93. The van der Waals surface area contributed by atoms with Crippen molar-refractivity contribution in [3.8, 4) is 0 Å². The molecular weight excluding hydrogens is 350 g/mol. The molecule has 1 unspecified atom stereocenters. The fourth-order valence-electron chi connectivity index (χ4n) is 3.15. The molecule has 5 heteroatoms. The highest BCUT2D eigenvalue weighted by atomic mass is 79.9. The summed E-state index contributed by atoms with van der Waals surface area (Å²) in [6.45, 7) is 6.39. The van der Waals surface area contributed by atoms with Crippen LogP contribution in [0.15, 0.2) is 22.7 Å². The minimum Gasteiger partial charge on any atom is -0.329 e. The summed E-state index contributed by atoms with van der Waals surface area (Å²) in [6, 6.07) is 6.98. The van der Waals surface area contributed by atoms with Crippen LogP contribution in [0, 0.1) is 0 Å². The molecule has 0 amide bonds. The van der Waals surface area contributed by atoms with Gasteiger partial charge in [0.2, 0.25) is 0 Å². The van der Waals surface area contributed by atoms with Crippen LogP contribution in [0.3, 0.4) is 0 Å². The molecule has 1 fully saturated rings. The summed E-state index contributed by atoms with van der Waals surface area (Å²) in [5.41, 5.74) is 7.28. The molecule has 1 heterocycles. The highest BCUT2D eigenvalue weighted by Crippen LogP contribution is 2.30. The SMILES string of the molecule is CCN1CCC(N(C)C(CN)c2ccc(Cl)c(Br)c2)CC1. The van der Waals surface area contributed by atoms with Crippen LogP contribution < -0.4 is 5.73 Å². The van der Waals surface area contributed by atoms with Crippen LogP contribution >= 0.6 is 27.5 Å². The molecule has 2 N–H and O–H groups in total. The molecule has 0 saturated carbocycles. The molecule has 118 valence electrons. The van der Waals surface area contributed by atoms with Crippen molar-refractivity contribution >= 4 is 27.5 Å². The number of nitrogens with two attached hydrogens (primary N) is 1. The van der Waals surface area contributed by atoms with Crippen molar-refractivity contribution in [3.05, 3.63) is 33.3 Å². The number of piperidine rings is 1. The van der Waals surface area contributed by atoms with Gasteiger partial charge in [0.05, 0.1) is 5.02 Å². The molecule has 1 aliphatic heterocycles. The number of hydrogen-bond donors (Lipinski definition) is 1. The van der Waals surface area contributed by atoms with Crippen LogP contribution in [0.4, 0.5) is 0 Å². The predicted molar refractivity (Wildman–Crippen MR) is 93.8 cm³/mol. The standard InChI is InChI=1S/C16H25BrClN3/c1-3-21-8-6-13(7-9-21)20(2)16(11-19)12-4-5-15(18)14(17)10-12/h4-5,10,13,16H,3,6-9,11,19H2,1-2H3. The second-order valence-corrected chi connectivity index (χ2v) is 7.02. The van der Waals surface area contributed by atoms with Gasteiger partial charge < -0.3 is 10.6 Å². The summed E-state index contributed by atoms with van der Waals surface area (Å²) in [5.74, 6) is 0. The normalized spacial score (nSPS) is 19.1. The number of hydrogen-bond acceptors (Lipinski definition) is 3. The van der Waals surface area contributed by atoms with Crippen LogP contribution in [-0.4, -0.2) is 49.1 Å². The molecule has 2 rings (SSSR count). The first-order valence-electron chi connectivity index (χ1n) is 7.66. The van der Waals surface area contributed by atoms with Crippen LogP contribution in [0.25, 0.3) is 0 Å². The van der Waals surface area contributed by atoms with Crippen molar-refractivity contribution < 1.29 is 0 Å². The minimum absolute atomic E-state index is 0.247. The van der Waals surface area contributed by atoms with E-state index in [1.165, 1.54) is 31.5 Å². The lowest BCUT2D eigenvalue weighted by Crippen LogP contribution is -2.45. The molecule has 1 saturated heterocycles. The van der Waals surface area contributed by atoms with E-state index in [-0.39, 0.29) is 6.04 Å². The van der Waals surface area contributed by atoms with Crippen LogP contribution in [0.1, 0.15) is 31.4 Å². The fourth-order valence-corrected chi connectivity index (χ4v) is 3.67. The van der Waals surface area contributed by atoms with E-state index >= 15 is 0 Å². The number of benzene rings is 1. The Morgan fingerprint density at radius 3 is 2.62 bits per heavy atom. The molecule has 1 aliphatic rings. The lowest BCUT2D eigenvalue weighted by Gasteiger charge is -2.40. The zero-order chi connectivity index (χ0) is 15.4. The average molecular weight is 375 g/mol. The lowest BCUT2D eigenvalue weighted by atomic mass is 9.98. The third kappa shape index (κ3) is 4.20. The molecule has 21 heavy (non-hydrogen) atoms. The Bertz CT molecular complexity index is 461. The first-order valence-corrected chi connectivity index (χ1v) is 8.83. The van der Waals surface area contributed by atoms with Crippen molar-refractivity contribution in [2.45, 2.75) is 31.8 Å². The third-order valence-electron chi connectivity index (χ3n) is 4.62. The highest BCUT2D eigenvalue weighted by Gasteiger charge is 2.27. The Kier molecular flexibility index (Phi) is 6.51. The van der Waals surface area contributed by atoms with E-state index in [0.29, 0.717) is 12.6 Å². The van der Waals surface area contributed by atoms with Gasteiger partial charge in [0.1, 0.15) is 0 Å². The first kappa shape index (κ1) is 17.2. The number of likely N-dealkylation sites (N-methyl/N-ethyl adjacent to an activating group) is 1. The third-order valence-corrected chi connectivity index (χ3v) is 5.84. The zero-order valence-corrected chi connectivity index (χ0v) is 15.2. The van der Waals surface area contributed by atoms with Gasteiger partial charge in [-0.15, -0.1) is 0 Å². The second-order valence-electron chi connectivity index (χ2n) is 5.76. The zero-order valence-electron chi connectivity index (χ0n) is 12.9. The number of halogens is 2. The molecule has 0 bridgehead atoms. The summed E-state index contributed by atoms with van der Waals surface area (Å²) in [7, 11) is 2.20. The monoisotopic (exact) mass is 373 g/mol. The Balaban J connectivity index is 2.08. The molecule has 0 aliphatic carbocycles. The molecule has 3 nitrogen and oxygen atoms in total. The molecule has 0 spiro atoms. The summed E-state index contributed by atoms with van der Waals surface area (Å²) >= 11 is 9.60. The summed E-state index contributed by atoms with van der Waals surface area (Å²) in [4.78, 5) is 4.96. The number of likely N-dealkylation sites (tertiary alicyclic amines) is 1. The first-order chi connectivity index (χ1) is 10.1. The van der Waals surface area contributed by atoms with Crippen molar-refractivity contribution in [1.82, 2.24) is 9.80 Å². The maximum absolute atomic E-state index is 6.09. The van der Waals surface area contributed by atoms with Crippen molar-refractivity contribution in [3.63, 3.8) is 0 Å². The Morgan fingerprint density at radius 1 is 1.43 bits per heavy atom. The molecule has 1 aromatic carbocycles. The average Bonchev–Trinajstić information content (AvgIpc) is 2.51. The quantitative estimate of drug-likeness (QED) is 0.856. The van der Waals surface area contributed by atoms with E-state index in [1.54, 1.807) is 0 Å². The smallest absolute Gasteiger partial charge is 0.0548 e. The molecule has 1 aromatic rings. The van der Waals surface area contributed by atoms with Crippen molar-refractivity contribution in [1.29, 1.82) is 0 Å². The van der Waals surface area contributed by atoms with Gasteiger partial charge in [-0.2, -0.15) is 0 Å².